The molecule has 1 aromatic rings. The van der Waals surface area contributed by atoms with Crippen molar-refractivity contribution in [2.45, 2.75) is 37.8 Å². The molecule has 0 bridgehead atoms. The lowest BCUT2D eigenvalue weighted by atomic mass is 10.1. The average Bonchev–Trinajstić information content (AvgIpc) is 2.82. The van der Waals surface area contributed by atoms with Crippen LogP contribution in [-0.2, 0) is 0 Å². The van der Waals surface area contributed by atoms with E-state index in [2.05, 4.69) is 27.3 Å². The van der Waals surface area contributed by atoms with E-state index in [0.29, 0.717) is 12.6 Å². The predicted octanol–water partition coefficient (Wildman–Crippen LogP) is 3.63. The number of halogens is 2. The van der Waals surface area contributed by atoms with Crippen LogP contribution in [-0.4, -0.2) is 12.6 Å². The van der Waals surface area contributed by atoms with Gasteiger partial charge in [-0.05, 0) is 46.5 Å². The van der Waals surface area contributed by atoms with Gasteiger partial charge in [-0.15, -0.1) is 0 Å². The molecular formula is C13H18BrClN2. The van der Waals surface area contributed by atoms with Crippen molar-refractivity contribution in [2.24, 2.45) is 5.73 Å². The Hall–Kier alpha value is -0.0900. The summed E-state index contributed by atoms with van der Waals surface area (Å²) in [7, 11) is 0. The van der Waals surface area contributed by atoms with Gasteiger partial charge < -0.3 is 11.1 Å². The number of hydrogen-bond acceptors (Lipinski definition) is 2. The first-order valence-corrected chi connectivity index (χ1v) is 7.29. The van der Waals surface area contributed by atoms with E-state index in [0.717, 1.165) is 9.50 Å². The molecule has 0 aliphatic heterocycles. The average molecular weight is 318 g/mol. The lowest BCUT2D eigenvalue weighted by molar-refractivity contribution is 0.444. The number of nitrogens with two attached hydrogens (primary N) is 1. The molecule has 1 saturated carbocycles. The molecule has 2 rings (SSSR count). The minimum absolute atomic E-state index is 0.228. The Morgan fingerprint density at radius 1 is 1.41 bits per heavy atom. The third-order valence-corrected chi connectivity index (χ3v) is 4.59. The summed E-state index contributed by atoms with van der Waals surface area (Å²) in [4.78, 5) is 0. The van der Waals surface area contributed by atoms with Crippen molar-refractivity contribution in [3.05, 3.63) is 33.3 Å². The van der Waals surface area contributed by atoms with Crippen molar-refractivity contribution in [2.75, 3.05) is 6.54 Å². The lowest BCUT2D eigenvalue weighted by Gasteiger charge is -2.22. The van der Waals surface area contributed by atoms with Crippen LogP contribution in [0.3, 0.4) is 0 Å². The van der Waals surface area contributed by atoms with Gasteiger partial charge in [0.2, 0.25) is 0 Å². The molecule has 0 saturated heterocycles. The smallest absolute Gasteiger partial charge is 0.0548 e. The summed E-state index contributed by atoms with van der Waals surface area (Å²) in [5, 5.41) is 4.38. The first-order chi connectivity index (χ1) is 8.20. The van der Waals surface area contributed by atoms with E-state index < -0.39 is 0 Å². The zero-order valence-corrected chi connectivity index (χ0v) is 12.1. The molecular weight excluding hydrogens is 300 g/mol. The number of benzene rings is 1. The topological polar surface area (TPSA) is 38.0 Å². The van der Waals surface area contributed by atoms with E-state index in [1.807, 2.05) is 12.1 Å². The lowest BCUT2D eigenvalue weighted by Crippen LogP contribution is -2.35. The summed E-state index contributed by atoms with van der Waals surface area (Å²) in [6.45, 7) is 0.616. The monoisotopic (exact) mass is 316 g/mol. The highest BCUT2D eigenvalue weighted by atomic mass is 79.9. The SMILES string of the molecule is NCC(NC1CCCC1)c1ccc(Cl)c(Br)c1. The molecule has 94 valence electrons. The van der Waals surface area contributed by atoms with E-state index in [1.165, 1.54) is 31.2 Å². The fourth-order valence-electron chi connectivity index (χ4n) is 2.41. The van der Waals surface area contributed by atoms with Gasteiger partial charge in [-0.25, -0.2) is 0 Å². The molecule has 0 spiro atoms. The Bertz CT molecular complexity index is 378. The van der Waals surface area contributed by atoms with Gasteiger partial charge in [0.1, 0.15) is 0 Å². The van der Waals surface area contributed by atoms with Crippen LogP contribution in [0.25, 0.3) is 0 Å². The molecule has 0 radical (unpaired) electrons. The van der Waals surface area contributed by atoms with Gasteiger partial charge >= 0.3 is 0 Å². The predicted molar refractivity (Wildman–Crippen MR) is 76.3 cm³/mol. The van der Waals surface area contributed by atoms with Crippen molar-refractivity contribution >= 4 is 27.5 Å². The quantitative estimate of drug-likeness (QED) is 0.890. The van der Waals surface area contributed by atoms with E-state index in [1.54, 1.807) is 0 Å². The summed E-state index contributed by atoms with van der Waals surface area (Å²) in [5.41, 5.74) is 7.06. The number of nitrogens with one attached hydrogen (secondary N) is 1. The second-order valence-electron chi connectivity index (χ2n) is 4.61. The molecule has 0 aromatic heterocycles. The molecule has 2 nitrogen and oxygen atoms in total. The molecule has 1 atom stereocenters. The van der Waals surface area contributed by atoms with Crippen LogP contribution < -0.4 is 11.1 Å². The van der Waals surface area contributed by atoms with E-state index >= 15 is 0 Å². The van der Waals surface area contributed by atoms with Crippen molar-refractivity contribution in [1.82, 2.24) is 5.32 Å². The molecule has 1 aromatic carbocycles. The molecule has 4 heteroatoms. The van der Waals surface area contributed by atoms with Crippen molar-refractivity contribution in [3.8, 4) is 0 Å². The number of hydrogen-bond donors (Lipinski definition) is 2. The highest BCUT2D eigenvalue weighted by molar-refractivity contribution is 9.10. The third-order valence-electron chi connectivity index (χ3n) is 3.37. The van der Waals surface area contributed by atoms with E-state index in [-0.39, 0.29) is 6.04 Å². The van der Waals surface area contributed by atoms with Gasteiger partial charge in [-0.3, -0.25) is 0 Å². The van der Waals surface area contributed by atoms with E-state index in [9.17, 15) is 0 Å². The summed E-state index contributed by atoms with van der Waals surface area (Å²) >= 11 is 9.46. The summed E-state index contributed by atoms with van der Waals surface area (Å²) < 4.78 is 0.934. The third kappa shape index (κ3) is 3.44. The largest absolute Gasteiger partial charge is 0.329 e. The second-order valence-corrected chi connectivity index (χ2v) is 5.87. The standard InChI is InChI=1S/C13H18BrClN2/c14-11-7-9(5-6-12(11)15)13(8-16)17-10-3-1-2-4-10/h5-7,10,13,17H,1-4,8,16H2. The minimum atomic E-state index is 0.228. The summed E-state index contributed by atoms with van der Waals surface area (Å²) in [6, 6.07) is 6.87. The van der Waals surface area contributed by atoms with Crippen molar-refractivity contribution in [3.63, 3.8) is 0 Å². The molecule has 3 N–H and O–H groups in total. The van der Waals surface area contributed by atoms with Gasteiger partial charge in [0.25, 0.3) is 0 Å². The second kappa shape index (κ2) is 6.19. The maximum atomic E-state index is 6.00. The van der Waals surface area contributed by atoms with Gasteiger partial charge in [0, 0.05) is 23.1 Å². The van der Waals surface area contributed by atoms with Crippen LogP contribution in [0.1, 0.15) is 37.3 Å². The minimum Gasteiger partial charge on any atom is -0.329 e. The Kier molecular flexibility index (Phi) is 4.86. The first-order valence-electron chi connectivity index (χ1n) is 6.12. The number of rotatable bonds is 4. The Balaban J connectivity index is 2.08. The molecule has 0 amide bonds. The zero-order valence-electron chi connectivity index (χ0n) is 9.76. The molecule has 1 aliphatic carbocycles. The van der Waals surface area contributed by atoms with Gasteiger partial charge in [0.15, 0.2) is 0 Å². The first kappa shape index (κ1) is 13.3. The summed E-state index contributed by atoms with van der Waals surface area (Å²) in [5.74, 6) is 0. The van der Waals surface area contributed by atoms with Crippen LogP contribution in [0.2, 0.25) is 5.02 Å². The molecule has 17 heavy (non-hydrogen) atoms. The van der Waals surface area contributed by atoms with Gasteiger partial charge in [-0.2, -0.15) is 0 Å². The van der Waals surface area contributed by atoms with Gasteiger partial charge in [-0.1, -0.05) is 30.5 Å². The molecule has 1 aliphatic rings. The maximum Gasteiger partial charge on any atom is 0.0548 e. The maximum absolute atomic E-state index is 6.00. The molecule has 0 heterocycles. The van der Waals surface area contributed by atoms with Gasteiger partial charge in [0.05, 0.1) is 5.02 Å². The van der Waals surface area contributed by atoms with Crippen LogP contribution in [0.15, 0.2) is 22.7 Å². The van der Waals surface area contributed by atoms with Crippen LogP contribution >= 0.6 is 27.5 Å². The van der Waals surface area contributed by atoms with Crippen molar-refractivity contribution in [1.29, 1.82) is 0 Å². The fourth-order valence-corrected chi connectivity index (χ4v) is 2.92. The summed E-state index contributed by atoms with van der Waals surface area (Å²) in [6.07, 6.45) is 5.20. The molecule has 1 fully saturated rings. The zero-order chi connectivity index (χ0) is 12.3. The fraction of sp³-hybridized carbons (Fsp3) is 0.538. The Labute approximate surface area is 116 Å². The van der Waals surface area contributed by atoms with Crippen LogP contribution in [0.4, 0.5) is 0 Å². The highest BCUT2D eigenvalue weighted by Crippen LogP contribution is 2.27. The van der Waals surface area contributed by atoms with Crippen molar-refractivity contribution < 1.29 is 0 Å². The van der Waals surface area contributed by atoms with Crippen LogP contribution in [0.5, 0.6) is 0 Å². The normalized spacial score (nSPS) is 18.5. The Morgan fingerprint density at radius 2 is 2.12 bits per heavy atom. The van der Waals surface area contributed by atoms with Crippen LogP contribution in [0, 0.1) is 0 Å². The molecule has 1 unspecified atom stereocenters. The van der Waals surface area contributed by atoms with E-state index in [4.69, 9.17) is 17.3 Å². The Morgan fingerprint density at radius 3 is 2.71 bits per heavy atom. The highest BCUT2D eigenvalue weighted by Gasteiger charge is 2.19.